The molecule has 2 saturated heterocycles. The molecule has 2 aliphatic heterocycles. The minimum atomic E-state index is 0.297. The van der Waals surface area contributed by atoms with Crippen molar-refractivity contribution in [1.29, 1.82) is 0 Å². The van der Waals surface area contributed by atoms with Crippen LogP contribution < -0.4 is 0 Å². The van der Waals surface area contributed by atoms with Crippen LogP contribution in [0.4, 0.5) is 0 Å². The van der Waals surface area contributed by atoms with Gasteiger partial charge in [-0.05, 0) is 43.3 Å². The van der Waals surface area contributed by atoms with Gasteiger partial charge >= 0.3 is 0 Å². The van der Waals surface area contributed by atoms with Crippen molar-refractivity contribution in [1.82, 2.24) is 19.8 Å². The summed E-state index contributed by atoms with van der Waals surface area (Å²) >= 11 is 0. The monoisotopic (exact) mass is 354 g/mol. The van der Waals surface area contributed by atoms with Gasteiger partial charge in [0.25, 0.3) is 0 Å². The molecule has 26 heavy (non-hydrogen) atoms. The molecular weight excluding hydrogens is 324 g/mol. The van der Waals surface area contributed by atoms with Crippen molar-refractivity contribution >= 4 is 0 Å². The highest BCUT2D eigenvalue weighted by atomic mass is 16.3. The number of aliphatic hydroxyl groups excluding tert-OH is 1. The highest BCUT2D eigenvalue weighted by Crippen LogP contribution is 2.44. The van der Waals surface area contributed by atoms with Gasteiger partial charge in [-0.2, -0.15) is 0 Å². The van der Waals surface area contributed by atoms with Crippen LogP contribution >= 0.6 is 0 Å². The van der Waals surface area contributed by atoms with E-state index in [1.54, 1.807) is 0 Å². The molecule has 0 saturated carbocycles. The topological polar surface area (TPSA) is 55.4 Å². The summed E-state index contributed by atoms with van der Waals surface area (Å²) in [4.78, 5) is 12.6. The molecule has 0 radical (unpaired) electrons. The molecule has 1 aromatic heterocycles. The highest BCUT2D eigenvalue weighted by molar-refractivity contribution is 5.15. The summed E-state index contributed by atoms with van der Waals surface area (Å²) in [7, 11) is 0. The Morgan fingerprint density at radius 1 is 1.15 bits per heavy atom. The summed E-state index contributed by atoms with van der Waals surface area (Å²) in [6.45, 7) is 6.71. The van der Waals surface area contributed by atoms with Gasteiger partial charge in [0.15, 0.2) is 0 Å². The Kier molecular flexibility index (Phi) is 5.38. The predicted octanol–water partition coefficient (Wildman–Crippen LogP) is 2.16. The zero-order valence-corrected chi connectivity index (χ0v) is 15.5. The van der Waals surface area contributed by atoms with Gasteiger partial charge in [-0.1, -0.05) is 30.3 Å². The van der Waals surface area contributed by atoms with E-state index < -0.39 is 0 Å². The number of benzene rings is 1. The predicted molar refractivity (Wildman–Crippen MR) is 103 cm³/mol. The Hall–Kier alpha value is -1.69. The van der Waals surface area contributed by atoms with Gasteiger partial charge in [0.1, 0.15) is 5.82 Å². The molecule has 2 aliphatic rings. The zero-order valence-electron chi connectivity index (χ0n) is 15.5. The second-order valence-corrected chi connectivity index (χ2v) is 8.02. The molecule has 0 aliphatic carbocycles. The number of nitrogens with zero attached hydrogens (tertiary/aromatic N) is 3. The first-order chi connectivity index (χ1) is 12.8. The standard InChI is InChI=1S/C21H30N4O/c26-16-19-14-25(11-6-18-4-2-1-3-5-18)17-21(19)7-12-24(13-8-21)15-20-22-9-10-23-20/h1-5,9-10,19,26H,6-8,11-17H2,(H,22,23). The van der Waals surface area contributed by atoms with Crippen LogP contribution in [0.1, 0.15) is 24.2 Å². The number of likely N-dealkylation sites (tertiary alicyclic amines) is 2. The molecule has 1 spiro atoms. The molecule has 4 rings (SSSR count). The quantitative estimate of drug-likeness (QED) is 0.835. The molecule has 2 aromatic rings. The summed E-state index contributed by atoms with van der Waals surface area (Å²) in [6, 6.07) is 10.7. The molecule has 2 fully saturated rings. The maximum Gasteiger partial charge on any atom is 0.120 e. The number of imidazole rings is 1. The first-order valence-corrected chi connectivity index (χ1v) is 9.85. The maximum absolute atomic E-state index is 10.0. The zero-order chi connectivity index (χ0) is 17.8. The SMILES string of the molecule is OCC1CN(CCc2ccccc2)CC12CCN(Cc1ncc[nH]1)CC2. The van der Waals surface area contributed by atoms with E-state index >= 15 is 0 Å². The van der Waals surface area contributed by atoms with Crippen molar-refractivity contribution in [3.63, 3.8) is 0 Å². The van der Waals surface area contributed by atoms with E-state index in [-0.39, 0.29) is 0 Å². The largest absolute Gasteiger partial charge is 0.396 e. The van der Waals surface area contributed by atoms with E-state index in [1.165, 1.54) is 18.4 Å². The Morgan fingerprint density at radius 2 is 1.96 bits per heavy atom. The lowest BCUT2D eigenvalue weighted by Crippen LogP contribution is -2.44. The third kappa shape index (κ3) is 3.85. The van der Waals surface area contributed by atoms with Crippen molar-refractivity contribution in [3.05, 3.63) is 54.1 Å². The molecule has 5 nitrogen and oxygen atoms in total. The van der Waals surface area contributed by atoms with Gasteiger partial charge in [-0.15, -0.1) is 0 Å². The number of rotatable bonds is 6. The van der Waals surface area contributed by atoms with Crippen LogP contribution in [0.15, 0.2) is 42.7 Å². The number of hydrogen-bond donors (Lipinski definition) is 2. The van der Waals surface area contributed by atoms with Gasteiger partial charge in [-0.3, -0.25) is 4.90 Å². The highest BCUT2D eigenvalue weighted by Gasteiger charge is 2.47. The Bertz CT molecular complexity index is 665. The molecule has 140 valence electrons. The number of piperidine rings is 1. The number of aromatic nitrogens is 2. The molecule has 3 heterocycles. The lowest BCUT2D eigenvalue weighted by molar-refractivity contribution is 0.0475. The minimum absolute atomic E-state index is 0.297. The molecule has 1 atom stereocenters. The number of nitrogens with one attached hydrogen (secondary N) is 1. The van der Waals surface area contributed by atoms with Gasteiger partial charge in [0, 0.05) is 44.6 Å². The van der Waals surface area contributed by atoms with Crippen LogP contribution in [-0.4, -0.2) is 64.2 Å². The van der Waals surface area contributed by atoms with Crippen LogP contribution in [0.3, 0.4) is 0 Å². The van der Waals surface area contributed by atoms with Crippen LogP contribution in [0, 0.1) is 11.3 Å². The third-order valence-electron chi connectivity index (χ3n) is 6.44. The minimum Gasteiger partial charge on any atom is -0.396 e. The summed E-state index contributed by atoms with van der Waals surface area (Å²) < 4.78 is 0. The van der Waals surface area contributed by atoms with Crippen molar-refractivity contribution in [2.75, 3.05) is 39.3 Å². The number of aromatic amines is 1. The van der Waals surface area contributed by atoms with E-state index in [2.05, 4.69) is 50.1 Å². The van der Waals surface area contributed by atoms with E-state index in [9.17, 15) is 5.11 Å². The fraction of sp³-hybridized carbons (Fsp3) is 0.571. The normalized spacial score (nSPS) is 23.7. The van der Waals surface area contributed by atoms with Gasteiger partial charge in [0.2, 0.25) is 0 Å². The van der Waals surface area contributed by atoms with Crippen molar-refractivity contribution in [3.8, 4) is 0 Å². The Labute approximate surface area is 156 Å². The smallest absolute Gasteiger partial charge is 0.120 e. The average Bonchev–Trinajstić information content (AvgIpc) is 3.31. The van der Waals surface area contributed by atoms with Gasteiger partial charge < -0.3 is 15.0 Å². The second kappa shape index (κ2) is 7.91. The summed E-state index contributed by atoms with van der Waals surface area (Å²) in [5.41, 5.74) is 1.70. The first-order valence-electron chi connectivity index (χ1n) is 9.85. The fourth-order valence-corrected chi connectivity index (χ4v) is 4.82. The molecule has 0 amide bonds. The number of hydrogen-bond acceptors (Lipinski definition) is 4. The lowest BCUT2D eigenvalue weighted by atomic mass is 9.71. The van der Waals surface area contributed by atoms with Crippen LogP contribution in [-0.2, 0) is 13.0 Å². The molecule has 1 aromatic carbocycles. The van der Waals surface area contributed by atoms with Crippen LogP contribution in [0.5, 0.6) is 0 Å². The van der Waals surface area contributed by atoms with Crippen LogP contribution in [0.25, 0.3) is 0 Å². The van der Waals surface area contributed by atoms with Crippen molar-refractivity contribution in [2.45, 2.75) is 25.8 Å². The van der Waals surface area contributed by atoms with Gasteiger partial charge in [-0.25, -0.2) is 4.98 Å². The average molecular weight is 354 g/mol. The first kappa shape index (κ1) is 17.7. The van der Waals surface area contributed by atoms with E-state index in [1.807, 2.05) is 12.4 Å². The third-order valence-corrected chi connectivity index (χ3v) is 6.44. The summed E-state index contributed by atoms with van der Waals surface area (Å²) in [5, 5.41) is 10.0. The summed E-state index contributed by atoms with van der Waals surface area (Å²) in [5.74, 6) is 1.47. The second-order valence-electron chi connectivity index (χ2n) is 8.02. The number of aliphatic hydroxyl groups is 1. The molecular formula is C21H30N4O. The molecule has 0 bridgehead atoms. The van der Waals surface area contributed by atoms with Crippen molar-refractivity contribution < 1.29 is 5.11 Å². The van der Waals surface area contributed by atoms with Gasteiger partial charge in [0.05, 0.1) is 6.54 Å². The Morgan fingerprint density at radius 3 is 2.65 bits per heavy atom. The number of H-pyrrole nitrogens is 1. The fourth-order valence-electron chi connectivity index (χ4n) is 4.82. The molecule has 1 unspecified atom stereocenters. The van der Waals surface area contributed by atoms with E-state index in [4.69, 9.17) is 0 Å². The van der Waals surface area contributed by atoms with Crippen LogP contribution in [0.2, 0.25) is 0 Å². The molecule has 5 heteroatoms. The maximum atomic E-state index is 10.0. The summed E-state index contributed by atoms with van der Waals surface area (Å²) in [6.07, 6.45) is 7.18. The Balaban J connectivity index is 1.32. The van der Waals surface area contributed by atoms with E-state index in [0.717, 1.165) is 51.5 Å². The molecule has 2 N–H and O–H groups in total. The van der Waals surface area contributed by atoms with Crippen molar-refractivity contribution in [2.24, 2.45) is 11.3 Å². The van der Waals surface area contributed by atoms with E-state index in [0.29, 0.717) is 17.9 Å². The lowest BCUT2D eigenvalue weighted by Gasteiger charge is -2.42.